The molecule has 0 heterocycles. The number of methoxy groups -OCH3 is 1. The molecule has 0 rings (SSSR count). The molecule has 2 unspecified atom stereocenters. The molecule has 0 radical (unpaired) electrons. The molecule has 0 amide bonds. The van der Waals surface area contributed by atoms with E-state index in [1.54, 1.807) is 0 Å². The third-order valence-electron chi connectivity index (χ3n) is 2.64. The second-order valence-corrected chi connectivity index (χ2v) is 4.55. The highest BCUT2D eigenvalue weighted by Crippen LogP contribution is 2.03. The number of halogens is 1. The average molecular weight is 276 g/mol. The fourth-order valence-electron chi connectivity index (χ4n) is 1.52. The first-order valence-corrected chi connectivity index (χ1v) is 6.00. The van der Waals surface area contributed by atoms with Gasteiger partial charge in [0.05, 0.1) is 25.6 Å². The summed E-state index contributed by atoms with van der Waals surface area (Å²) >= 11 is 0. The van der Waals surface area contributed by atoms with Gasteiger partial charge in [0.1, 0.15) is 12.5 Å². The Labute approximate surface area is 112 Å². The molecule has 6 nitrogen and oxygen atoms in total. The van der Waals surface area contributed by atoms with Crippen molar-refractivity contribution in [2.45, 2.75) is 39.3 Å². The van der Waals surface area contributed by atoms with Crippen LogP contribution in [0, 0.1) is 5.92 Å². The summed E-state index contributed by atoms with van der Waals surface area (Å²) in [5.74, 6) is -1.54. The van der Waals surface area contributed by atoms with Crippen LogP contribution in [0.2, 0.25) is 0 Å². The molecule has 0 saturated carbocycles. The van der Waals surface area contributed by atoms with Crippen LogP contribution in [0.1, 0.15) is 27.2 Å². The predicted molar refractivity (Wildman–Crippen MR) is 67.0 cm³/mol. The first-order chi connectivity index (χ1) is 8.83. The number of nitrogens with one attached hydrogen (secondary N) is 2. The van der Waals surface area contributed by atoms with Crippen LogP contribution in [0.15, 0.2) is 0 Å². The number of esters is 1. The van der Waals surface area contributed by atoms with Gasteiger partial charge in [0, 0.05) is 0 Å². The van der Waals surface area contributed by atoms with E-state index in [1.165, 1.54) is 14.0 Å². The van der Waals surface area contributed by atoms with Crippen LogP contribution in [0.25, 0.3) is 0 Å². The minimum atomic E-state index is -1.19. The van der Waals surface area contributed by atoms with Gasteiger partial charge in [-0.15, -0.1) is 0 Å². The van der Waals surface area contributed by atoms with Gasteiger partial charge >= 0.3 is 5.97 Å². The highest BCUT2D eigenvalue weighted by Gasteiger charge is 2.25. The van der Waals surface area contributed by atoms with Crippen LogP contribution in [0.5, 0.6) is 0 Å². The Kier molecular flexibility index (Phi) is 8.09. The van der Waals surface area contributed by atoms with Crippen molar-refractivity contribution in [3.63, 3.8) is 0 Å². The second-order valence-electron chi connectivity index (χ2n) is 4.55. The quantitative estimate of drug-likeness (QED) is 0.461. The summed E-state index contributed by atoms with van der Waals surface area (Å²) in [6, 6.07) is -1.58. The molecule has 2 N–H and O–H groups in total. The van der Waals surface area contributed by atoms with Crippen molar-refractivity contribution in [3.05, 3.63) is 0 Å². The SMILES string of the molecule is COC(=O)CC(NNC(C(C)=O)C(C)C)C(=O)CF. The van der Waals surface area contributed by atoms with Gasteiger partial charge in [-0.05, 0) is 12.8 Å². The molecule has 0 spiro atoms. The largest absolute Gasteiger partial charge is 0.469 e. The van der Waals surface area contributed by atoms with Crippen molar-refractivity contribution in [1.29, 1.82) is 0 Å². The number of rotatable bonds is 9. The summed E-state index contributed by atoms with van der Waals surface area (Å²) < 4.78 is 16.8. The number of ether oxygens (including phenoxy) is 1. The van der Waals surface area contributed by atoms with Crippen molar-refractivity contribution >= 4 is 17.5 Å². The zero-order valence-corrected chi connectivity index (χ0v) is 11.7. The molecular weight excluding hydrogens is 255 g/mol. The Morgan fingerprint density at radius 3 is 2.16 bits per heavy atom. The standard InChI is InChI=1S/C12H21FN2O4/c1-7(2)12(8(3)16)15-14-9(10(17)6-13)5-11(18)19-4/h7,9,12,14-15H,5-6H2,1-4H3. The van der Waals surface area contributed by atoms with Gasteiger partial charge in [0.2, 0.25) is 0 Å². The zero-order valence-electron chi connectivity index (χ0n) is 11.7. The average Bonchev–Trinajstić information content (AvgIpc) is 2.35. The third-order valence-corrected chi connectivity index (χ3v) is 2.64. The lowest BCUT2D eigenvalue weighted by molar-refractivity contribution is -0.143. The van der Waals surface area contributed by atoms with Crippen molar-refractivity contribution < 1.29 is 23.5 Å². The van der Waals surface area contributed by atoms with Gasteiger partial charge in [-0.1, -0.05) is 13.8 Å². The van der Waals surface area contributed by atoms with Crippen LogP contribution in [-0.2, 0) is 19.1 Å². The van der Waals surface area contributed by atoms with E-state index >= 15 is 0 Å². The number of carbonyl (C=O) groups excluding carboxylic acids is 3. The Morgan fingerprint density at radius 1 is 1.21 bits per heavy atom. The van der Waals surface area contributed by atoms with Crippen molar-refractivity contribution in [2.24, 2.45) is 5.92 Å². The Balaban J connectivity index is 4.60. The molecule has 7 heteroatoms. The maximum absolute atomic E-state index is 12.4. The first kappa shape index (κ1) is 17.7. The molecule has 2 atom stereocenters. The zero-order chi connectivity index (χ0) is 15.0. The Morgan fingerprint density at radius 2 is 1.79 bits per heavy atom. The third kappa shape index (κ3) is 6.40. The maximum atomic E-state index is 12.4. The monoisotopic (exact) mass is 276 g/mol. The minimum absolute atomic E-state index is 0.00995. The van der Waals surface area contributed by atoms with Crippen LogP contribution in [0.3, 0.4) is 0 Å². The molecule has 0 aliphatic rings. The van der Waals surface area contributed by atoms with Crippen molar-refractivity contribution in [1.82, 2.24) is 10.9 Å². The van der Waals surface area contributed by atoms with Gasteiger partial charge in [0.15, 0.2) is 5.78 Å². The van der Waals surface area contributed by atoms with Crippen molar-refractivity contribution in [2.75, 3.05) is 13.8 Å². The summed E-state index contributed by atoms with van der Waals surface area (Å²) in [7, 11) is 1.18. The number of carbonyl (C=O) groups is 3. The predicted octanol–water partition coefficient (Wildman–Crippen LogP) is 0.165. The van der Waals surface area contributed by atoms with Crippen LogP contribution in [-0.4, -0.2) is 43.4 Å². The molecule has 0 fully saturated rings. The highest BCUT2D eigenvalue weighted by molar-refractivity contribution is 5.89. The summed E-state index contributed by atoms with van der Waals surface area (Å²) in [5.41, 5.74) is 5.21. The number of ketones is 2. The van der Waals surface area contributed by atoms with E-state index in [-0.39, 0.29) is 18.1 Å². The molecule has 0 bridgehead atoms. The van der Waals surface area contributed by atoms with Gasteiger partial charge in [-0.2, -0.15) is 0 Å². The van der Waals surface area contributed by atoms with E-state index in [0.717, 1.165) is 0 Å². The van der Waals surface area contributed by atoms with E-state index < -0.39 is 30.5 Å². The summed E-state index contributed by atoms with van der Waals surface area (Å²) in [6.45, 7) is 3.87. The molecule has 0 aromatic heterocycles. The van der Waals surface area contributed by atoms with E-state index in [0.29, 0.717) is 0 Å². The molecule has 0 aliphatic heterocycles. The number of hydrogen-bond acceptors (Lipinski definition) is 6. The molecule has 19 heavy (non-hydrogen) atoms. The topological polar surface area (TPSA) is 84.5 Å². The normalized spacial score (nSPS) is 14.0. The maximum Gasteiger partial charge on any atom is 0.307 e. The molecule has 0 saturated heterocycles. The van der Waals surface area contributed by atoms with Gasteiger partial charge in [-0.25, -0.2) is 15.2 Å². The summed E-state index contributed by atoms with van der Waals surface area (Å²) in [6.07, 6.45) is -0.297. The van der Waals surface area contributed by atoms with E-state index in [1.807, 2.05) is 13.8 Å². The molecule has 110 valence electrons. The lowest BCUT2D eigenvalue weighted by atomic mass is 10.0. The van der Waals surface area contributed by atoms with E-state index in [4.69, 9.17) is 0 Å². The summed E-state index contributed by atoms with van der Waals surface area (Å²) in [5, 5.41) is 0. The fraction of sp³-hybridized carbons (Fsp3) is 0.750. The lowest BCUT2D eigenvalue weighted by Gasteiger charge is -2.23. The smallest absolute Gasteiger partial charge is 0.307 e. The van der Waals surface area contributed by atoms with Crippen LogP contribution >= 0.6 is 0 Å². The van der Waals surface area contributed by atoms with Gasteiger partial charge in [-0.3, -0.25) is 14.4 Å². The molecular formula is C12H21FN2O4. The number of alkyl halides is 1. The summed E-state index contributed by atoms with van der Waals surface area (Å²) in [4.78, 5) is 33.8. The highest BCUT2D eigenvalue weighted by atomic mass is 19.1. The first-order valence-electron chi connectivity index (χ1n) is 6.00. The molecule has 0 aromatic carbocycles. The van der Waals surface area contributed by atoms with Crippen LogP contribution in [0.4, 0.5) is 4.39 Å². The van der Waals surface area contributed by atoms with Crippen LogP contribution < -0.4 is 10.9 Å². The van der Waals surface area contributed by atoms with Crippen molar-refractivity contribution in [3.8, 4) is 0 Å². The van der Waals surface area contributed by atoms with E-state index in [2.05, 4.69) is 15.6 Å². The van der Waals surface area contributed by atoms with Gasteiger partial charge in [0.25, 0.3) is 0 Å². The Hall–Kier alpha value is -1.34. The van der Waals surface area contributed by atoms with E-state index in [9.17, 15) is 18.8 Å². The Bertz CT molecular complexity index is 334. The van der Waals surface area contributed by atoms with Gasteiger partial charge < -0.3 is 4.74 Å². The number of Topliss-reactive ketones (excluding diaryl/α,β-unsaturated/α-hetero) is 2. The number of hydrazine groups is 1. The molecule has 0 aromatic rings. The fourth-order valence-corrected chi connectivity index (χ4v) is 1.52. The minimum Gasteiger partial charge on any atom is -0.469 e. The lowest BCUT2D eigenvalue weighted by Crippen LogP contribution is -2.54. The second kappa shape index (κ2) is 8.71. The number of hydrogen-bond donors (Lipinski definition) is 2. The molecule has 0 aliphatic carbocycles.